The highest BCUT2D eigenvalue weighted by Crippen LogP contribution is 2.43. The third kappa shape index (κ3) is 3.97. The van der Waals surface area contributed by atoms with Crippen LogP contribution in [0, 0.1) is 5.92 Å². The van der Waals surface area contributed by atoms with E-state index in [0.29, 0.717) is 44.0 Å². The number of carbonyl (C=O) groups excluding carboxylic acids is 1. The van der Waals surface area contributed by atoms with Gasteiger partial charge in [-0.15, -0.1) is 0 Å². The topological polar surface area (TPSA) is 119 Å². The molecule has 1 saturated heterocycles. The number of nitrogens with zero attached hydrogens (tertiary/aromatic N) is 4. The predicted octanol–water partition coefficient (Wildman–Crippen LogP) is 4.73. The molecule has 38 heavy (non-hydrogen) atoms. The predicted molar refractivity (Wildman–Crippen MR) is 139 cm³/mol. The second kappa shape index (κ2) is 9.25. The van der Waals surface area contributed by atoms with E-state index in [-0.39, 0.29) is 40.3 Å². The Kier molecular flexibility index (Phi) is 5.99. The quantitative estimate of drug-likeness (QED) is 0.362. The minimum Gasteiger partial charge on any atom is -0.380 e. The van der Waals surface area contributed by atoms with Crippen LogP contribution in [0.3, 0.4) is 0 Å². The van der Waals surface area contributed by atoms with Crippen molar-refractivity contribution in [2.45, 2.75) is 31.5 Å². The summed E-state index contributed by atoms with van der Waals surface area (Å²) in [4.78, 5) is 31.4. The summed E-state index contributed by atoms with van der Waals surface area (Å²) >= 11 is 12.7. The average Bonchev–Trinajstić information content (AvgIpc) is 3.57. The molecule has 4 aromatic rings. The summed E-state index contributed by atoms with van der Waals surface area (Å²) in [5.74, 6) is 0.604. The molecule has 2 bridgehead atoms. The number of nitrogens with one attached hydrogen (secondary N) is 1. The number of hydrogen-bond acceptors (Lipinski definition) is 7. The van der Waals surface area contributed by atoms with E-state index in [1.165, 1.54) is 18.3 Å². The Bertz CT molecular complexity index is 1640. The van der Waals surface area contributed by atoms with E-state index >= 15 is 0 Å². The molecule has 2 aliphatic rings. The van der Waals surface area contributed by atoms with Crippen LogP contribution in [0.4, 0.5) is 20.4 Å². The van der Waals surface area contributed by atoms with Crippen molar-refractivity contribution in [1.82, 2.24) is 20.0 Å². The second-order valence-corrected chi connectivity index (χ2v) is 10.2. The number of fused-ring (bicyclic) bond motifs is 3. The number of halogens is 4. The number of anilines is 2. The molecular weight excluding hydrogens is 541 g/mol. The zero-order valence-corrected chi connectivity index (χ0v) is 21.1. The highest BCUT2D eigenvalue weighted by Gasteiger charge is 2.49. The maximum absolute atomic E-state index is 13.2. The summed E-state index contributed by atoms with van der Waals surface area (Å²) in [5, 5.41) is 7.97. The molecular formula is C25H20Cl2F2N6O3. The van der Waals surface area contributed by atoms with Crippen molar-refractivity contribution in [2.75, 3.05) is 17.2 Å². The Morgan fingerprint density at radius 1 is 1.16 bits per heavy atom. The summed E-state index contributed by atoms with van der Waals surface area (Å²) in [7, 11) is 0. The lowest BCUT2D eigenvalue weighted by Gasteiger charge is -2.28. The van der Waals surface area contributed by atoms with E-state index in [4.69, 9.17) is 33.5 Å². The van der Waals surface area contributed by atoms with Gasteiger partial charge in [-0.25, -0.2) is 4.98 Å². The maximum Gasteiger partial charge on any atom is 0.321 e. The van der Waals surface area contributed by atoms with Gasteiger partial charge in [-0.2, -0.15) is 8.78 Å². The van der Waals surface area contributed by atoms with Gasteiger partial charge in [-0.1, -0.05) is 34.4 Å². The number of pyridine rings is 2. The number of benzene rings is 1. The zero-order valence-electron chi connectivity index (χ0n) is 19.6. The summed E-state index contributed by atoms with van der Waals surface area (Å²) in [6.45, 7) is -2.31. The number of hydrogen-bond donors (Lipinski definition) is 2. The van der Waals surface area contributed by atoms with Crippen molar-refractivity contribution < 1.29 is 18.1 Å². The van der Waals surface area contributed by atoms with Crippen LogP contribution in [-0.4, -0.2) is 39.2 Å². The van der Waals surface area contributed by atoms with Gasteiger partial charge in [0.05, 0.1) is 33.1 Å². The van der Waals surface area contributed by atoms with Gasteiger partial charge >= 0.3 is 6.55 Å². The Morgan fingerprint density at radius 2 is 1.95 bits per heavy atom. The van der Waals surface area contributed by atoms with Crippen LogP contribution in [0.25, 0.3) is 22.1 Å². The van der Waals surface area contributed by atoms with Crippen LogP contribution in [0.5, 0.6) is 0 Å². The largest absolute Gasteiger partial charge is 0.380 e. The summed E-state index contributed by atoms with van der Waals surface area (Å²) in [6.07, 6.45) is 4.36. The number of rotatable bonds is 5. The molecule has 13 heteroatoms. The summed E-state index contributed by atoms with van der Waals surface area (Å²) < 4.78 is 32.0. The molecule has 0 unspecified atom stereocenters. The van der Waals surface area contributed by atoms with E-state index in [2.05, 4.69) is 20.4 Å². The lowest BCUT2D eigenvalue weighted by atomic mass is 10.0. The molecule has 6 rings (SSSR count). The van der Waals surface area contributed by atoms with Gasteiger partial charge in [0, 0.05) is 25.0 Å². The van der Waals surface area contributed by atoms with Crippen LogP contribution in [0.1, 0.15) is 29.7 Å². The molecule has 3 atom stereocenters. The Labute approximate surface area is 224 Å². The summed E-state index contributed by atoms with van der Waals surface area (Å²) in [5.41, 5.74) is 6.63. The van der Waals surface area contributed by atoms with Crippen molar-refractivity contribution in [1.29, 1.82) is 0 Å². The number of amides is 1. The van der Waals surface area contributed by atoms with Gasteiger partial charge in [0.2, 0.25) is 5.58 Å². The molecule has 1 aliphatic heterocycles. The van der Waals surface area contributed by atoms with Gasteiger partial charge in [0.1, 0.15) is 0 Å². The molecule has 4 heterocycles. The lowest BCUT2D eigenvalue weighted by Crippen LogP contribution is -2.44. The van der Waals surface area contributed by atoms with Crippen molar-refractivity contribution in [2.24, 2.45) is 5.92 Å². The molecule has 1 aliphatic carbocycles. The molecule has 1 amide bonds. The monoisotopic (exact) mass is 560 g/mol. The standard InChI is InChI=1S/C25H20Cl2F2N6O3/c26-15-7-11(12-3-6-18(36)35(9-12)25(28)29)1-4-14(15)24(37)32-20-13-2-5-17(20)34(10-13)23-21-19(16(27)8-31-23)22(30)33-38-21/h1,3-4,6-9,13,17,20,25H,2,5,10H2,(H2,30,33)(H,32,37)/t13-,17-,20+/m0/s1. The first-order chi connectivity index (χ1) is 18.2. The minimum atomic E-state index is -2.97. The highest BCUT2D eigenvalue weighted by molar-refractivity contribution is 6.36. The normalized spacial score (nSPS) is 20.6. The first-order valence-electron chi connectivity index (χ1n) is 11.8. The minimum absolute atomic E-state index is 0.0272. The first-order valence-corrected chi connectivity index (χ1v) is 12.6. The number of alkyl halides is 2. The van der Waals surface area contributed by atoms with E-state index in [1.54, 1.807) is 12.1 Å². The van der Waals surface area contributed by atoms with E-state index in [1.807, 2.05) is 0 Å². The van der Waals surface area contributed by atoms with Crippen molar-refractivity contribution in [3.63, 3.8) is 0 Å². The van der Waals surface area contributed by atoms with Crippen molar-refractivity contribution in [3.05, 3.63) is 68.7 Å². The fourth-order valence-corrected chi connectivity index (χ4v) is 6.02. The third-order valence-corrected chi connectivity index (χ3v) is 7.91. The molecule has 196 valence electrons. The maximum atomic E-state index is 13.2. The van der Waals surface area contributed by atoms with Crippen molar-refractivity contribution >= 4 is 51.7 Å². The number of nitrogen functional groups attached to an aromatic ring is 1. The van der Waals surface area contributed by atoms with Crippen LogP contribution in [0.2, 0.25) is 10.0 Å². The fourth-order valence-electron chi connectivity index (χ4n) is 5.52. The van der Waals surface area contributed by atoms with Gasteiger partial charge in [-0.05, 0) is 48.1 Å². The first kappa shape index (κ1) is 24.6. The van der Waals surface area contributed by atoms with Crippen LogP contribution in [-0.2, 0) is 0 Å². The van der Waals surface area contributed by atoms with Crippen LogP contribution in [0.15, 0.2) is 52.0 Å². The third-order valence-electron chi connectivity index (χ3n) is 7.31. The molecule has 0 spiro atoms. The van der Waals surface area contributed by atoms with Crippen molar-refractivity contribution in [3.8, 4) is 11.1 Å². The molecule has 3 N–H and O–H groups in total. The van der Waals surface area contributed by atoms with Gasteiger partial charge in [0.25, 0.3) is 11.5 Å². The number of nitrogens with two attached hydrogens (primary N) is 1. The number of piperidine rings is 1. The van der Waals surface area contributed by atoms with E-state index in [9.17, 15) is 18.4 Å². The molecule has 1 aromatic carbocycles. The fraction of sp³-hybridized carbons (Fsp3) is 0.280. The Morgan fingerprint density at radius 3 is 2.71 bits per heavy atom. The molecule has 2 fully saturated rings. The van der Waals surface area contributed by atoms with Gasteiger partial charge in [0.15, 0.2) is 11.6 Å². The smallest absolute Gasteiger partial charge is 0.321 e. The van der Waals surface area contributed by atoms with E-state index < -0.39 is 12.1 Å². The van der Waals surface area contributed by atoms with E-state index in [0.717, 1.165) is 25.1 Å². The van der Waals surface area contributed by atoms with Crippen LogP contribution >= 0.6 is 23.2 Å². The average molecular weight is 561 g/mol. The Hall–Kier alpha value is -3.70. The highest BCUT2D eigenvalue weighted by atomic mass is 35.5. The second-order valence-electron chi connectivity index (χ2n) is 9.39. The SMILES string of the molecule is Nc1noc2c(N3C[C@@H]4CC[C@H]3[C@@H]4NC(=O)c3ccc(-c4ccc(=O)n(C(F)F)c4)cc3Cl)ncc(Cl)c12. The molecule has 1 saturated carbocycles. The Balaban J connectivity index is 1.23. The molecule has 0 radical (unpaired) electrons. The lowest BCUT2D eigenvalue weighted by molar-refractivity contribution is 0.0665. The van der Waals surface area contributed by atoms with Crippen LogP contribution < -0.4 is 21.5 Å². The molecule has 9 nitrogen and oxygen atoms in total. The van der Waals surface area contributed by atoms with Gasteiger partial charge in [-0.3, -0.25) is 14.2 Å². The molecule has 3 aromatic heterocycles. The number of carbonyl (C=O) groups is 1. The zero-order chi connectivity index (χ0) is 26.7. The van der Waals surface area contributed by atoms with Gasteiger partial charge < -0.3 is 20.5 Å². The number of aromatic nitrogens is 3. The summed E-state index contributed by atoms with van der Waals surface area (Å²) in [6, 6.07) is 6.98.